The van der Waals surface area contributed by atoms with Crippen LogP contribution in [0.25, 0.3) is 10.9 Å². The first kappa shape index (κ1) is 27.3. The molecule has 3 saturated heterocycles. The van der Waals surface area contributed by atoms with E-state index in [1.807, 2.05) is 24.3 Å². The smallest absolute Gasteiger partial charge is 0.320 e. The van der Waals surface area contributed by atoms with Crippen molar-refractivity contribution in [1.82, 2.24) is 9.88 Å². The fourth-order valence-corrected chi connectivity index (χ4v) is 5.70. The van der Waals surface area contributed by atoms with Gasteiger partial charge in [0.1, 0.15) is 11.8 Å². The van der Waals surface area contributed by atoms with Crippen LogP contribution in [-0.4, -0.2) is 76.1 Å². The zero-order chi connectivity index (χ0) is 25.8. The lowest BCUT2D eigenvalue weighted by atomic mass is 9.73. The van der Waals surface area contributed by atoms with Crippen LogP contribution in [-0.2, 0) is 9.36 Å². The topological polar surface area (TPSA) is 146 Å². The van der Waals surface area contributed by atoms with Gasteiger partial charge in [-0.25, -0.2) is 0 Å². The molecule has 1 aromatic carbocycles. The van der Waals surface area contributed by atoms with E-state index in [9.17, 15) is 14.5 Å². The van der Waals surface area contributed by atoms with Crippen LogP contribution in [0.3, 0.4) is 0 Å². The molecule has 0 saturated carbocycles. The van der Waals surface area contributed by atoms with E-state index in [4.69, 9.17) is 20.5 Å². The monoisotopic (exact) mass is 505 g/mol. The van der Waals surface area contributed by atoms with Crippen LogP contribution < -0.4 is 10.5 Å². The number of benzene rings is 1. The van der Waals surface area contributed by atoms with E-state index in [0.717, 1.165) is 41.7 Å². The normalized spacial score (nSPS) is 26.7. The lowest BCUT2D eigenvalue weighted by molar-refractivity contribution is -0.138. The van der Waals surface area contributed by atoms with Gasteiger partial charge >= 0.3 is 5.97 Å². The Balaban J connectivity index is 0.000000266. The first-order valence-corrected chi connectivity index (χ1v) is 14.1. The van der Waals surface area contributed by atoms with Gasteiger partial charge in [0.25, 0.3) is 0 Å². The second kappa shape index (κ2) is 11.6. The first-order chi connectivity index (χ1) is 16.5. The van der Waals surface area contributed by atoms with E-state index in [0.29, 0.717) is 11.8 Å². The molecule has 3 aliphatic rings. The number of ether oxygens (including phenoxy) is 1. The Hall–Kier alpha value is -2.29. The summed E-state index contributed by atoms with van der Waals surface area (Å²) in [5.41, 5.74) is 6.94. The molecule has 0 aliphatic carbocycles. The van der Waals surface area contributed by atoms with Crippen LogP contribution in [0.5, 0.6) is 5.75 Å². The van der Waals surface area contributed by atoms with E-state index in [2.05, 4.69) is 22.5 Å². The van der Waals surface area contributed by atoms with Crippen LogP contribution in [0.4, 0.5) is 0 Å². The molecule has 192 valence electrons. The molecule has 9 nitrogen and oxygen atoms in total. The number of aliphatic hydroxyl groups excluding tert-OH is 1. The summed E-state index contributed by atoms with van der Waals surface area (Å²) >= 11 is 0. The third-order valence-electron chi connectivity index (χ3n) is 6.99. The average Bonchev–Trinajstić information content (AvgIpc) is 2.86. The number of aliphatic carboxylic acids is 1. The number of pyridine rings is 1. The van der Waals surface area contributed by atoms with Crippen molar-refractivity contribution in [2.75, 3.05) is 33.0 Å². The quantitative estimate of drug-likeness (QED) is 0.314. The molecule has 0 spiro atoms. The minimum Gasteiger partial charge on any atom is -0.497 e. The predicted molar refractivity (Wildman–Crippen MR) is 136 cm³/mol. The van der Waals surface area contributed by atoms with Crippen molar-refractivity contribution in [2.45, 2.75) is 37.5 Å². The van der Waals surface area contributed by atoms with Crippen LogP contribution in [0, 0.1) is 11.8 Å². The summed E-state index contributed by atoms with van der Waals surface area (Å²) in [5, 5.41) is 20.4. The van der Waals surface area contributed by atoms with E-state index < -0.39 is 25.5 Å². The van der Waals surface area contributed by atoms with Crippen molar-refractivity contribution in [3.63, 3.8) is 0 Å². The summed E-state index contributed by atoms with van der Waals surface area (Å²) in [5.74, 6) is 0.867. The number of nitrogens with zero attached hydrogens (tertiary/aromatic N) is 2. The van der Waals surface area contributed by atoms with E-state index in [1.54, 1.807) is 13.3 Å². The second-order valence-electron chi connectivity index (χ2n) is 9.48. The minimum absolute atomic E-state index is 0.0412. The Morgan fingerprint density at radius 1 is 1.43 bits per heavy atom. The minimum atomic E-state index is -3.10. The highest BCUT2D eigenvalue weighted by atomic mass is 31.2. The van der Waals surface area contributed by atoms with Gasteiger partial charge in [0, 0.05) is 37.0 Å². The highest BCUT2D eigenvalue weighted by Gasteiger charge is 2.42. The molecule has 0 amide bonds. The maximum atomic E-state index is 11.2. The lowest BCUT2D eigenvalue weighted by Gasteiger charge is -2.50. The molecule has 5 N–H and O–H groups in total. The first-order valence-electron chi connectivity index (χ1n) is 11.8. The molecule has 7 atom stereocenters. The van der Waals surface area contributed by atoms with Crippen molar-refractivity contribution in [2.24, 2.45) is 17.6 Å². The molecule has 3 unspecified atom stereocenters. The molecule has 2 aromatic rings. The van der Waals surface area contributed by atoms with Gasteiger partial charge in [-0.3, -0.25) is 19.2 Å². The van der Waals surface area contributed by atoms with Gasteiger partial charge in [-0.1, -0.05) is 6.08 Å². The molecule has 5 rings (SSSR count). The summed E-state index contributed by atoms with van der Waals surface area (Å²) in [4.78, 5) is 25.7. The third-order valence-corrected chi connectivity index (χ3v) is 8.08. The molecule has 1 aromatic heterocycles. The number of nitrogens with two attached hydrogens (primary N) is 1. The number of methoxy groups -OCH3 is 1. The summed E-state index contributed by atoms with van der Waals surface area (Å²) < 4.78 is 16.0. The summed E-state index contributed by atoms with van der Waals surface area (Å²) in [6.45, 7) is 7.25. The number of hydrogen-bond acceptors (Lipinski definition) is 7. The largest absolute Gasteiger partial charge is 0.497 e. The summed E-state index contributed by atoms with van der Waals surface area (Å²) in [6.07, 6.45) is 5.62. The van der Waals surface area contributed by atoms with Gasteiger partial charge in [-0.15, -0.1) is 6.58 Å². The molecule has 4 heterocycles. The predicted octanol–water partition coefficient (Wildman–Crippen LogP) is 2.86. The molecular formula is C25H36N3O6P. The molecule has 10 heteroatoms. The summed E-state index contributed by atoms with van der Waals surface area (Å²) in [6, 6.07) is 6.93. The van der Waals surface area contributed by atoms with E-state index >= 15 is 0 Å². The van der Waals surface area contributed by atoms with E-state index in [-0.39, 0.29) is 18.6 Å². The Bertz CT molecular complexity index is 1090. The SMILES string of the molecule is C=C[C@H]1CN2CC[C@H]1C[C@H]2[C@H](O)c1ccnc2ccc(OC)cc12.CP(=O)(O)CCC(N)C(=O)O. The Kier molecular flexibility index (Phi) is 9.07. The van der Waals surface area contributed by atoms with Gasteiger partial charge in [0.05, 0.1) is 18.7 Å². The number of carboxylic acid groups (broad SMARTS) is 1. The maximum absolute atomic E-state index is 11.2. The van der Waals surface area contributed by atoms with Crippen LogP contribution in [0.15, 0.2) is 43.1 Å². The molecule has 2 bridgehead atoms. The Morgan fingerprint density at radius 2 is 2.17 bits per heavy atom. The number of carbonyl (C=O) groups is 1. The molecule has 0 radical (unpaired) electrons. The standard InChI is InChI=1S/C20H24N2O2.C5H12NO4P/c1-3-13-12-22-9-7-14(13)10-19(22)20(23)16-6-8-21-18-5-4-15(24-2)11-17(16)18;1-11(9,10)3-2-4(6)5(7)8/h3-6,8,11,13-14,19-20,23H,1,7,9-10,12H2,2H3;4H,2-3,6H2,1H3,(H,7,8)(H,9,10)/t13-,14-,19-,20+;/m0./s1. The molecule has 35 heavy (non-hydrogen) atoms. The fraction of sp³-hybridized carbons (Fsp3) is 0.520. The van der Waals surface area contributed by atoms with Crippen molar-refractivity contribution in [3.05, 3.63) is 48.7 Å². The highest BCUT2D eigenvalue weighted by molar-refractivity contribution is 7.57. The number of carboxylic acids is 1. The number of rotatable bonds is 8. The van der Waals surface area contributed by atoms with Crippen molar-refractivity contribution < 1.29 is 29.2 Å². The van der Waals surface area contributed by atoms with Crippen LogP contribution in [0.2, 0.25) is 0 Å². The molecule has 3 aliphatic heterocycles. The van der Waals surface area contributed by atoms with Gasteiger partial charge in [0.15, 0.2) is 7.37 Å². The summed E-state index contributed by atoms with van der Waals surface area (Å²) in [7, 11) is -1.44. The van der Waals surface area contributed by atoms with Gasteiger partial charge in [-0.05, 0) is 67.5 Å². The molecular weight excluding hydrogens is 469 g/mol. The van der Waals surface area contributed by atoms with Crippen molar-refractivity contribution in [3.8, 4) is 5.75 Å². The highest BCUT2D eigenvalue weighted by Crippen LogP contribution is 2.42. The zero-order valence-corrected chi connectivity index (χ0v) is 21.2. The van der Waals surface area contributed by atoms with E-state index in [1.165, 1.54) is 13.1 Å². The third kappa shape index (κ3) is 6.90. The Labute approximate surface area is 206 Å². The average molecular weight is 506 g/mol. The molecule has 3 fully saturated rings. The van der Waals surface area contributed by atoms with Crippen LogP contribution >= 0.6 is 7.37 Å². The van der Waals surface area contributed by atoms with Gasteiger partial charge in [0.2, 0.25) is 0 Å². The second-order valence-corrected chi connectivity index (χ2v) is 12.0. The van der Waals surface area contributed by atoms with Gasteiger partial charge < -0.3 is 25.6 Å². The zero-order valence-electron chi connectivity index (χ0n) is 20.3. The van der Waals surface area contributed by atoms with Gasteiger partial charge in [-0.2, -0.15) is 0 Å². The number of aromatic nitrogens is 1. The van der Waals surface area contributed by atoms with Crippen LogP contribution in [0.1, 0.15) is 30.9 Å². The number of fused-ring (bicyclic) bond motifs is 4. The van der Waals surface area contributed by atoms with Crippen molar-refractivity contribution in [1.29, 1.82) is 0 Å². The lowest BCUT2D eigenvalue weighted by Crippen LogP contribution is -2.54. The number of piperidine rings is 3. The van der Waals surface area contributed by atoms with Crippen molar-refractivity contribution >= 4 is 24.2 Å². The number of hydrogen-bond donors (Lipinski definition) is 4. The number of aliphatic hydroxyl groups is 1. The fourth-order valence-electron chi connectivity index (χ4n) is 4.95. The Morgan fingerprint density at radius 3 is 2.74 bits per heavy atom. The maximum Gasteiger partial charge on any atom is 0.320 e.